The maximum absolute atomic E-state index is 13.5. The van der Waals surface area contributed by atoms with Gasteiger partial charge < -0.3 is 25.4 Å². The number of nitrogens with one attached hydrogen (secondary N) is 3. The third-order valence-electron chi connectivity index (χ3n) is 5.20. The van der Waals surface area contributed by atoms with Crippen LogP contribution in [0.4, 0.5) is 18.0 Å². The highest BCUT2D eigenvalue weighted by molar-refractivity contribution is 5.93. The Bertz CT molecular complexity index is 1210. The lowest BCUT2D eigenvalue weighted by molar-refractivity contribution is -0.141. The van der Waals surface area contributed by atoms with E-state index in [9.17, 15) is 22.8 Å². The van der Waals surface area contributed by atoms with E-state index < -0.39 is 23.9 Å². The molecule has 12 heteroatoms. The maximum atomic E-state index is 13.5. The summed E-state index contributed by atoms with van der Waals surface area (Å²) in [6, 6.07) is 14.4. The number of benzene rings is 2. The summed E-state index contributed by atoms with van der Waals surface area (Å²) in [5, 5.41) is 12.0. The molecule has 0 saturated carbocycles. The number of carbonyl (C=O) groups excluding carboxylic acids is 2. The third kappa shape index (κ3) is 7.71. The second-order valence-electron chi connectivity index (χ2n) is 7.81. The average Bonchev–Trinajstić information content (AvgIpc) is 3.34. The largest absolute Gasteiger partial charge is 0.496 e. The van der Waals surface area contributed by atoms with Gasteiger partial charge in [0.25, 0.3) is 5.91 Å². The zero-order chi connectivity index (χ0) is 26.8. The molecule has 0 fully saturated rings. The molecule has 0 atom stereocenters. The molecule has 2 aromatic carbocycles. The summed E-state index contributed by atoms with van der Waals surface area (Å²) >= 11 is 0. The minimum atomic E-state index is -4.73. The number of carbonyl (C=O) groups is 2. The number of rotatable bonds is 11. The molecule has 9 nitrogen and oxygen atoms in total. The summed E-state index contributed by atoms with van der Waals surface area (Å²) in [6.07, 6.45) is -5.24. The smallest absolute Gasteiger partial charge is 0.435 e. The molecule has 3 rings (SSSR count). The van der Waals surface area contributed by atoms with Crippen LogP contribution < -0.4 is 20.7 Å². The minimum absolute atomic E-state index is 0.0547. The number of hydrogen-bond donors (Lipinski definition) is 3. The van der Waals surface area contributed by atoms with Gasteiger partial charge in [0.1, 0.15) is 11.4 Å². The summed E-state index contributed by atoms with van der Waals surface area (Å²) in [7, 11) is 1.49. The van der Waals surface area contributed by atoms with Crippen molar-refractivity contribution < 1.29 is 32.2 Å². The molecule has 198 valence electrons. The molecular weight excluding hydrogens is 491 g/mol. The van der Waals surface area contributed by atoms with Crippen LogP contribution in [0.2, 0.25) is 0 Å². The van der Waals surface area contributed by atoms with Crippen molar-refractivity contribution in [2.24, 2.45) is 0 Å². The van der Waals surface area contributed by atoms with Crippen LogP contribution in [0.5, 0.6) is 5.75 Å². The first kappa shape index (κ1) is 27.5. The van der Waals surface area contributed by atoms with E-state index in [1.54, 1.807) is 55.5 Å². The molecule has 2 amide bonds. The van der Waals surface area contributed by atoms with E-state index in [4.69, 9.17) is 9.47 Å². The van der Waals surface area contributed by atoms with Gasteiger partial charge in [-0.25, -0.2) is 9.48 Å². The Hall–Kier alpha value is -4.06. The van der Waals surface area contributed by atoms with E-state index in [2.05, 4.69) is 21.0 Å². The number of hydrogen-bond acceptors (Lipinski definition) is 6. The van der Waals surface area contributed by atoms with E-state index in [0.29, 0.717) is 36.6 Å². The molecule has 0 spiro atoms. The van der Waals surface area contributed by atoms with Gasteiger partial charge in [-0.2, -0.15) is 18.3 Å². The van der Waals surface area contributed by atoms with Gasteiger partial charge in [0, 0.05) is 37.8 Å². The Labute approximate surface area is 211 Å². The van der Waals surface area contributed by atoms with Crippen molar-refractivity contribution in [1.29, 1.82) is 0 Å². The van der Waals surface area contributed by atoms with Gasteiger partial charge in [-0.05, 0) is 30.7 Å². The van der Waals surface area contributed by atoms with Gasteiger partial charge in [-0.15, -0.1) is 0 Å². The van der Waals surface area contributed by atoms with Crippen molar-refractivity contribution in [3.05, 3.63) is 77.1 Å². The summed E-state index contributed by atoms with van der Waals surface area (Å²) in [6.45, 7) is 3.19. The van der Waals surface area contributed by atoms with E-state index in [1.165, 1.54) is 7.11 Å². The van der Waals surface area contributed by atoms with Crippen LogP contribution in [0.3, 0.4) is 0 Å². The van der Waals surface area contributed by atoms with Gasteiger partial charge >= 0.3 is 12.3 Å². The maximum Gasteiger partial charge on any atom is 0.435 e. The number of alkyl carbamates (subject to hydrolysis) is 1. The molecule has 3 N–H and O–H groups in total. The third-order valence-corrected chi connectivity index (χ3v) is 5.20. The standard InChI is InChI=1S/C25H28F3N5O4/c1-3-37-24(35)30-12-11-29-15-17-7-6-9-19(13-17)33-20(14-22(32-33)25(26,27)28)23(34)31-16-18-8-4-5-10-21(18)36-2/h4-10,13-14,29H,3,11-12,15-16H2,1-2H3,(H,30,35)(H,31,34). The number of aromatic nitrogens is 2. The Balaban J connectivity index is 1.74. The Morgan fingerprint density at radius 2 is 1.78 bits per heavy atom. The molecule has 0 bridgehead atoms. The fourth-order valence-electron chi connectivity index (χ4n) is 3.46. The molecule has 1 heterocycles. The summed E-state index contributed by atoms with van der Waals surface area (Å²) in [4.78, 5) is 24.3. The van der Waals surface area contributed by atoms with Crippen LogP contribution in [0.1, 0.15) is 34.2 Å². The first-order valence-corrected chi connectivity index (χ1v) is 11.5. The number of para-hydroxylation sites is 1. The Morgan fingerprint density at radius 3 is 2.51 bits per heavy atom. The number of halogens is 3. The predicted molar refractivity (Wildman–Crippen MR) is 129 cm³/mol. The van der Waals surface area contributed by atoms with Crippen molar-refractivity contribution in [3.63, 3.8) is 0 Å². The fraction of sp³-hybridized carbons (Fsp3) is 0.320. The monoisotopic (exact) mass is 519 g/mol. The van der Waals surface area contributed by atoms with Gasteiger partial charge in [-0.1, -0.05) is 30.3 Å². The van der Waals surface area contributed by atoms with Gasteiger partial charge in [0.15, 0.2) is 5.69 Å². The molecule has 0 saturated heterocycles. The van der Waals surface area contributed by atoms with Crippen LogP contribution in [0.25, 0.3) is 5.69 Å². The first-order valence-electron chi connectivity index (χ1n) is 11.5. The molecular formula is C25H28F3N5O4. The van der Waals surface area contributed by atoms with Crippen molar-refractivity contribution >= 4 is 12.0 Å². The van der Waals surface area contributed by atoms with Crippen molar-refractivity contribution in [1.82, 2.24) is 25.7 Å². The van der Waals surface area contributed by atoms with Gasteiger partial charge in [0.05, 0.1) is 19.4 Å². The topological polar surface area (TPSA) is 107 Å². The highest BCUT2D eigenvalue weighted by Crippen LogP contribution is 2.30. The summed E-state index contributed by atoms with van der Waals surface area (Å²) in [5.74, 6) is -0.174. The number of ether oxygens (including phenoxy) is 2. The molecule has 0 unspecified atom stereocenters. The molecule has 0 aliphatic rings. The second-order valence-corrected chi connectivity index (χ2v) is 7.81. The summed E-state index contributed by atoms with van der Waals surface area (Å²) < 4.78 is 51.4. The highest BCUT2D eigenvalue weighted by atomic mass is 19.4. The number of amides is 2. The van der Waals surface area contributed by atoms with E-state index >= 15 is 0 Å². The lowest BCUT2D eigenvalue weighted by Crippen LogP contribution is -2.32. The quantitative estimate of drug-likeness (QED) is 0.334. The second kappa shape index (κ2) is 12.8. The molecule has 0 aliphatic heterocycles. The fourth-order valence-corrected chi connectivity index (χ4v) is 3.46. The molecule has 0 radical (unpaired) electrons. The SMILES string of the molecule is CCOC(=O)NCCNCc1cccc(-n2nc(C(F)(F)F)cc2C(=O)NCc2ccccc2OC)c1. The van der Waals surface area contributed by atoms with E-state index in [1.807, 2.05) is 0 Å². The van der Waals surface area contributed by atoms with Gasteiger partial charge in [0.2, 0.25) is 0 Å². The van der Waals surface area contributed by atoms with Crippen LogP contribution in [-0.2, 0) is 24.0 Å². The Morgan fingerprint density at radius 1 is 1.00 bits per heavy atom. The van der Waals surface area contributed by atoms with Crippen molar-refractivity contribution in [3.8, 4) is 11.4 Å². The summed E-state index contributed by atoms with van der Waals surface area (Å²) in [5.41, 5.74) is 0.278. The number of alkyl halides is 3. The van der Waals surface area contributed by atoms with Crippen molar-refractivity contribution in [2.45, 2.75) is 26.2 Å². The van der Waals surface area contributed by atoms with Crippen LogP contribution in [0.15, 0.2) is 54.6 Å². The number of nitrogens with zero attached hydrogens (tertiary/aromatic N) is 2. The predicted octanol–water partition coefficient (Wildman–Crippen LogP) is 3.67. The van der Waals surface area contributed by atoms with Gasteiger partial charge in [-0.3, -0.25) is 4.79 Å². The molecule has 3 aromatic rings. The average molecular weight is 520 g/mol. The van der Waals surface area contributed by atoms with E-state index in [-0.39, 0.29) is 18.8 Å². The van der Waals surface area contributed by atoms with Crippen LogP contribution in [0, 0.1) is 0 Å². The lowest BCUT2D eigenvalue weighted by atomic mass is 10.2. The highest BCUT2D eigenvalue weighted by Gasteiger charge is 2.36. The van der Waals surface area contributed by atoms with E-state index in [0.717, 1.165) is 16.3 Å². The van der Waals surface area contributed by atoms with Crippen LogP contribution >= 0.6 is 0 Å². The molecule has 37 heavy (non-hydrogen) atoms. The lowest BCUT2D eigenvalue weighted by Gasteiger charge is -2.12. The normalized spacial score (nSPS) is 11.2. The zero-order valence-corrected chi connectivity index (χ0v) is 20.4. The molecule has 1 aromatic heterocycles. The molecule has 0 aliphatic carbocycles. The van der Waals surface area contributed by atoms with Crippen LogP contribution in [-0.4, -0.2) is 48.6 Å². The Kier molecular flexibility index (Phi) is 9.50. The van der Waals surface area contributed by atoms with Crippen molar-refractivity contribution in [2.75, 3.05) is 26.8 Å². The zero-order valence-electron chi connectivity index (χ0n) is 20.4. The number of methoxy groups -OCH3 is 1. The minimum Gasteiger partial charge on any atom is -0.496 e. The first-order chi connectivity index (χ1) is 17.7.